The summed E-state index contributed by atoms with van der Waals surface area (Å²) in [6.45, 7) is 0.682. The zero-order valence-electron chi connectivity index (χ0n) is 8.80. The van der Waals surface area contributed by atoms with Gasteiger partial charge in [-0.3, -0.25) is 4.79 Å². The lowest BCUT2D eigenvalue weighted by atomic mass is 9.91. The molecule has 86 valence electrons. The lowest BCUT2D eigenvalue weighted by Crippen LogP contribution is -2.37. The van der Waals surface area contributed by atoms with E-state index in [0.29, 0.717) is 6.54 Å². The second-order valence-corrected chi connectivity index (χ2v) is 4.07. The van der Waals surface area contributed by atoms with Crippen LogP contribution in [-0.2, 0) is 11.2 Å². The highest BCUT2D eigenvalue weighted by Crippen LogP contribution is 2.20. The molecule has 1 amide bonds. The molecule has 4 heteroatoms. The van der Waals surface area contributed by atoms with Crippen molar-refractivity contribution in [2.45, 2.75) is 19.3 Å². The van der Waals surface area contributed by atoms with Crippen LogP contribution >= 0.6 is 0 Å². The predicted molar refractivity (Wildman–Crippen MR) is 55.8 cm³/mol. The monoisotopic (exact) mass is 225 g/mol. The number of hydrogen-bond donors (Lipinski definition) is 1. The quantitative estimate of drug-likeness (QED) is 0.819. The van der Waals surface area contributed by atoms with Crippen LogP contribution < -0.4 is 5.32 Å². The highest BCUT2D eigenvalue weighted by molar-refractivity contribution is 5.79. The maximum Gasteiger partial charge on any atom is 0.223 e. The summed E-state index contributed by atoms with van der Waals surface area (Å²) in [5.74, 6) is -1.20. The molecule has 2 rings (SSSR count). The van der Waals surface area contributed by atoms with E-state index in [1.54, 1.807) is 0 Å². The van der Waals surface area contributed by atoms with E-state index in [4.69, 9.17) is 0 Å². The molecule has 1 N–H and O–H groups in total. The Kier molecular flexibility index (Phi) is 3.17. The maximum absolute atomic E-state index is 13.4. The molecule has 0 aliphatic carbocycles. The molecule has 1 aliphatic heterocycles. The summed E-state index contributed by atoms with van der Waals surface area (Å²) in [6.07, 6.45) is 1.91. The Balaban J connectivity index is 2.13. The summed E-state index contributed by atoms with van der Waals surface area (Å²) < 4.78 is 26.3. The largest absolute Gasteiger partial charge is 0.356 e. The topological polar surface area (TPSA) is 29.1 Å². The third kappa shape index (κ3) is 2.38. The van der Waals surface area contributed by atoms with Gasteiger partial charge in [-0.15, -0.1) is 0 Å². The average Bonchev–Trinajstić information content (AvgIpc) is 2.27. The first-order chi connectivity index (χ1) is 7.66. The minimum absolute atomic E-state index is 0.0603. The van der Waals surface area contributed by atoms with E-state index in [9.17, 15) is 13.6 Å². The molecule has 0 aromatic heterocycles. The van der Waals surface area contributed by atoms with E-state index >= 15 is 0 Å². The zero-order chi connectivity index (χ0) is 11.5. The predicted octanol–water partition coefficient (Wildman–Crippen LogP) is 2.03. The Morgan fingerprint density at radius 2 is 2.19 bits per heavy atom. The lowest BCUT2D eigenvalue weighted by Gasteiger charge is -2.21. The van der Waals surface area contributed by atoms with Crippen LogP contribution in [0.4, 0.5) is 8.78 Å². The normalized spacial score (nSPS) is 20.6. The van der Waals surface area contributed by atoms with Crippen molar-refractivity contribution >= 4 is 5.91 Å². The standard InChI is InChI=1S/C12H13F2NO/c13-10-3-4-11(14)9(7-10)6-8-2-1-5-15-12(8)16/h3-4,7-8H,1-2,5-6H2,(H,15,16). The first-order valence-electron chi connectivity index (χ1n) is 5.38. The van der Waals surface area contributed by atoms with Crippen LogP contribution in [0.15, 0.2) is 18.2 Å². The number of nitrogens with one attached hydrogen (secondary N) is 1. The summed E-state index contributed by atoms with van der Waals surface area (Å²) in [6, 6.07) is 3.35. The number of carbonyl (C=O) groups is 1. The van der Waals surface area contributed by atoms with Gasteiger partial charge in [0.25, 0.3) is 0 Å². The molecule has 1 aliphatic rings. The van der Waals surface area contributed by atoms with Crippen molar-refractivity contribution in [3.05, 3.63) is 35.4 Å². The summed E-state index contributed by atoms with van der Waals surface area (Å²) in [4.78, 5) is 11.5. The van der Waals surface area contributed by atoms with Crippen LogP contribution in [0.3, 0.4) is 0 Å². The fourth-order valence-corrected chi connectivity index (χ4v) is 2.00. The van der Waals surface area contributed by atoms with Gasteiger partial charge in [-0.2, -0.15) is 0 Å². The van der Waals surface area contributed by atoms with E-state index in [1.807, 2.05) is 0 Å². The molecule has 1 aromatic carbocycles. The molecule has 16 heavy (non-hydrogen) atoms. The van der Waals surface area contributed by atoms with Gasteiger partial charge in [0.1, 0.15) is 11.6 Å². The van der Waals surface area contributed by atoms with Crippen molar-refractivity contribution < 1.29 is 13.6 Å². The molecule has 1 fully saturated rings. The second kappa shape index (κ2) is 4.60. The molecule has 1 heterocycles. The first kappa shape index (κ1) is 11.0. The molecular formula is C12H13F2NO. The number of piperidine rings is 1. The van der Waals surface area contributed by atoms with E-state index in [2.05, 4.69) is 5.32 Å². The number of hydrogen-bond acceptors (Lipinski definition) is 1. The van der Waals surface area contributed by atoms with Gasteiger partial charge < -0.3 is 5.32 Å². The highest BCUT2D eigenvalue weighted by atomic mass is 19.1. The Morgan fingerprint density at radius 3 is 2.94 bits per heavy atom. The van der Waals surface area contributed by atoms with Gasteiger partial charge in [0.15, 0.2) is 0 Å². The van der Waals surface area contributed by atoms with Crippen LogP contribution in [0.25, 0.3) is 0 Å². The Morgan fingerprint density at radius 1 is 1.38 bits per heavy atom. The van der Waals surface area contributed by atoms with Crippen molar-refractivity contribution in [1.29, 1.82) is 0 Å². The van der Waals surface area contributed by atoms with Gasteiger partial charge in [-0.1, -0.05) is 0 Å². The number of amides is 1. The minimum Gasteiger partial charge on any atom is -0.356 e. The fraction of sp³-hybridized carbons (Fsp3) is 0.417. The van der Waals surface area contributed by atoms with Gasteiger partial charge in [0.2, 0.25) is 5.91 Å². The van der Waals surface area contributed by atoms with Gasteiger partial charge in [0, 0.05) is 12.5 Å². The zero-order valence-corrected chi connectivity index (χ0v) is 8.80. The third-order valence-corrected chi connectivity index (χ3v) is 2.87. The Hall–Kier alpha value is -1.45. The van der Waals surface area contributed by atoms with Crippen LogP contribution in [-0.4, -0.2) is 12.5 Å². The number of carbonyl (C=O) groups excluding carboxylic acids is 1. The Labute approximate surface area is 92.7 Å². The molecule has 0 saturated carbocycles. The van der Waals surface area contributed by atoms with Crippen molar-refractivity contribution in [3.8, 4) is 0 Å². The van der Waals surface area contributed by atoms with Crippen molar-refractivity contribution in [3.63, 3.8) is 0 Å². The molecule has 2 nitrogen and oxygen atoms in total. The Bertz CT molecular complexity index is 406. The smallest absolute Gasteiger partial charge is 0.223 e. The van der Waals surface area contributed by atoms with E-state index < -0.39 is 11.6 Å². The summed E-state index contributed by atoms with van der Waals surface area (Å²) in [7, 11) is 0. The third-order valence-electron chi connectivity index (χ3n) is 2.87. The van der Waals surface area contributed by atoms with Crippen molar-refractivity contribution in [1.82, 2.24) is 5.32 Å². The summed E-state index contributed by atoms with van der Waals surface area (Å²) in [5.41, 5.74) is 0.280. The number of rotatable bonds is 2. The average molecular weight is 225 g/mol. The minimum atomic E-state index is -0.465. The van der Waals surface area contributed by atoms with Gasteiger partial charge >= 0.3 is 0 Å². The van der Waals surface area contributed by atoms with Gasteiger partial charge in [-0.05, 0) is 43.0 Å². The molecule has 1 unspecified atom stereocenters. The van der Waals surface area contributed by atoms with Gasteiger partial charge in [0.05, 0.1) is 0 Å². The molecule has 0 bridgehead atoms. The fourth-order valence-electron chi connectivity index (χ4n) is 2.00. The van der Waals surface area contributed by atoms with Crippen LogP contribution in [0.2, 0.25) is 0 Å². The number of benzene rings is 1. The lowest BCUT2D eigenvalue weighted by molar-refractivity contribution is -0.126. The molecular weight excluding hydrogens is 212 g/mol. The molecule has 1 saturated heterocycles. The molecule has 1 aromatic rings. The molecule has 0 radical (unpaired) electrons. The summed E-state index contributed by atoms with van der Waals surface area (Å²) in [5, 5.41) is 2.73. The van der Waals surface area contributed by atoms with E-state index in [-0.39, 0.29) is 23.8 Å². The first-order valence-corrected chi connectivity index (χ1v) is 5.38. The summed E-state index contributed by atoms with van der Waals surface area (Å²) >= 11 is 0. The van der Waals surface area contributed by atoms with Crippen LogP contribution in [0, 0.1) is 17.6 Å². The SMILES string of the molecule is O=C1NCCCC1Cc1cc(F)ccc1F. The maximum atomic E-state index is 13.4. The number of halogens is 2. The van der Waals surface area contributed by atoms with Crippen LogP contribution in [0.1, 0.15) is 18.4 Å². The molecule has 1 atom stereocenters. The van der Waals surface area contributed by atoms with Crippen molar-refractivity contribution in [2.24, 2.45) is 5.92 Å². The highest BCUT2D eigenvalue weighted by Gasteiger charge is 2.23. The van der Waals surface area contributed by atoms with Crippen LogP contribution in [0.5, 0.6) is 0 Å². The second-order valence-electron chi connectivity index (χ2n) is 4.07. The van der Waals surface area contributed by atoms with Crippen molar-refractivity contribution in [2.75, 3.05) is 6.54 Å². The molecule has 0 spiro atoms. The van der Waals surface area contributed by atoms with E-state index in [1.165, 1.54) is 0 Å². The van der Waals surface area contributed by atoms with Gasteiger partial charge in [-0.25, -0.2) is 8.78 Å². The van der Waals surface area contributed by atoms with E-state index in [0.717, 1.165) is 31.0 Å².